The standard InChI is InChI=1S/C12H20N4/c1-12(2,3)11-14-9-7-13-6-8(9)10(15-11)16(4)5/h13H,6-7H2,1-5H3. The summed E-state index contributed by atoms with van der Waals surface area (Å²) in [5.74, 6) is 1.98. The highest BCUT2D eigenvalue weighted by Crippen LogP contribution is 2.27. The van der Waals surface area contributed by atoms with Crippen LogP contribution in [0.1, 0.15) is 37.9 Å². The molecule has 88 valence electrons. The smallest absolute Gasteiger partial charge is 0.136 e. The maximum absolute atomic E-state index is 4.69. The summed E-state index contributed by atoms with van der Waals surface area (Å²) in [6, 6.07) is 0. The molecule has 4 heteroatoms. The van der Waals surface area contributed by atoms with Gasteiger partial charge in [-0.15, -0.1) is 0 Å². The van der Waals surface area contributed by atoms with Crippen LogP contribution in [0, 0.1) is 0 Å². The molecule has 2 rings (SSSR count). The molecule has 0 fully saturated rings. The molecule has 0 unspecified atom stereocenters. The number of rotatable bonds is 1. The van der Waals surface area contributed by atoms with Gasteiger partial charge < -0.3 is 10.2 Å². The van der Waals surface area contributed by atoms with Crippen LogP contribution in [-0.2, 0) is 18.5 Å². The fraction of sp³-hybridized carbons (Fsp3) is 0.667. The first-order chi connectivity index (χ1) is 7.39. The number of nitrogens with zero attached hydrogens (tertiary/aromatic N) is 3. The van der Waals surface area contributed by atoms with Crippen LogP contribution >= 0.6 is 0 Å². The van der Waals surface area contributed by atoms with Crippen molar-refractivity contribution in [2.75, 3.05) is 19.0 Å². The van der Waals surface area contributed by atoms with Crippen molar-refractivity contribution in [2.45, 2.75) is 39.3 Å². The van der Waals surface area contributed by atoms with Gasteiger partial charge in [0.05, 0.1) is 5.69 Å². The van der Waals surface area contributed by atoms with Gasteiger partial charge in [0.25, 0.3) is 0 Å². The second kappa shape index (κ2) is 3.70. The molecular weight excluding hydrogens is 200 g/mol. The Morgan fingerprint density at radius 3 is 2.38 bits per heavy atom. The third-order valence-corrected chi connectivity index (χ3v) is 2.76. The molecule has 16 heavy (non-hydrogen) atoms. The third-order valence-electron chi connectivity index (χ3n) is 2.76. The largest absolute Gasteiger partial charge is 0.362 e. The van der Waals surface area contributed by atoms with E-state index in [-0.39, 0.29) is 5.41 Å². The Labute approximate surface area is 97.1 Å². The number of hydrogen-bond acceptors (Lipinski definition) is 4. The maximum Gasteiger partial charge on any atom is 0.136 e. The van der Waals surface area contributed by atoms with Crippen LogP contribution in [0.15, 0.2) is 0 Å². The number of aromatic nitrogens is 2. The molecule has 0 spiro atoms. The lowest BCUT2D eigenvalue weighted by Gasteiger charge is -2.22. The van der Waals surface area contributed by atoms with E-state index in [1.807, 2.05) is 14.1 Å². The van der Waals surface area contributed by atoms with Crippen LogP contribution in [-0.4, -0.2) is 24.1 Å². The van der Waals surface area contributed by atoms with Crippen molar-refractivity contribution < 1.29 is 0 Å². The van der Waals surface area contributed by atoms with E-state index in [0.29, 0.717) is 0 Å². The Morgan fingerprint density at radius 2 is 1.81 bits per heavy atom. The van der Waals surface area contributed by atoms with Gasteiger partial charge in [-0.25, -0.2) is 9.97 Å². The normalized spacial score (nSPS) is 15.1. The van der Waals surface area contributed by atoms with Gasteiger partial charge in [-0.05, 0) is 0 Å². The molecule has 0 aromatic carbocycles. The minimum atomic E-state index is 0.00236. The highest BCUT2D eigenvalue weighted by molar-refractivity contribution is 5.50. The molecule has 0 radical (unpaired) electrons. The molecule has 0 atom stereocenters. The van der Waals surface area contributed by atoms with Crippen molar-refractivity contribution in [2.24, 2.45) is 0 Å². The molecule has 0 aliphatic carbocycles. The Balaban J connectivity index is 2.56. The zero-order valence-electron chi connectivity index (χ0n) is 10.8. The maximum atomic E-state index is 4.69. The Bertz CT molecular complexity index is 404. The Kier molecular flexibility index (Phi) is 2.62. The molecular formula is C12H20N4. The van der Waals surface area contributed by atoms with Gasteiger partial charge in [-0.1, -0.05) is 20.8 Å². The molecule has 0 saturated heterocycles. The molecule has 1 aromatic rings. The molecule has 1 aromatic heterocycles. The average Bonchev–Trinajstić information content (AvgIpc) is 2.61. The summed E-state index contributed by atoms with van der Waals surface area (Å²) < 4.78 is 0. The molecule has 4 nitrogen and oxygen atoms in total. The van der Waals surface area contributed by atoms with E-state index in [1.165, 1.54) is 5.56 Å². The van der Waals surface area contributed by atoms with Gasteiger partial charge in [0.2, 0.25) is 0 Å². The number of nitrogens with one attached hydrogen (secondary N) is 1. The summed E-state index contributed by atoms with van der Waals surface area (Å²) in [5, 5.41) is 3.33. The number of anilines is 1. The first-order valence-electron chi connectivity index (χ1n) is 5.68. The van der Waals surface area contributed by atoms with Gasteiger partial charge in [-0.2, -0.15) is 0 Å². The topological polar surface area (TPSA) is 41.1 Å². The highest BCUT2D eigenvalue weighted by Gasteiger charge is 2.25. The monoisotopic (exact) mass is 220 g/mol. The molecule has 0 bridgehead atoms. The molecule has 0 amide bonds. The summed E-state index contributed by atoms with van der Waals surface area (Å²) >= 11 is 0. The average molecular weight is 220 g/mol. The van der Waals surface area contributed by atoms with Gasteiger partial charge in [0.1, 0.15) is 11.6 Å². The fourth-order valence-electron chi connectivity index (χ4n) is 1.86. The summed E-state index contributed by atoms with van der Waals surface area (Å²) in [6.45, 7) is 8.19. The summed E-state index contributed by atoms with van der Waals surface area (Å²) in [7, 11) is 4.07. The van der Waals surface area contributed by atoms with E-state index in [2.05, 4.69) is 41.0 Å². The van der Waals surface area contributed by atoms with Gasteiger partial charge in [0.15, 0.2) is 0 Å². The van der Waals surface area contributed by atoms with E-state index >= 15 is 0 Å². The lowest BCUT2D eigenvalue weighted by molar-refractivity contribution is 0.541. The van der Waals surface area contributed by atoms with Crippen molar-refractivity contribution in [1.82, 2.24) is 15.3 Å². The third kappa shape index (κ3) is 1.89. The first kappa shape index (κ1) is 11.3. The highest BCUT2D eigenvalue weighted by atomic mass is 15.2. The van der Waals surface area contributed by atoms with Gasteiger partial charge >= 0.3 is 0 Å². The van der Waals surface area contributed by atoms with E-state index in [1.54, 1.807) is 0 Å². The molecule has 2 heterocycles. The number of fused-ring (bicyclic) bond motifs is 1. The van der Waals surface area contributed by atoms with E-state index in [0.717, 1.165) is 30.4 Å². The summed E-state index contributed by atoms with van der Waals surface area (Å²) in [4.78, 5) is 11.4. The predicted molar refractivity (Wildman–Crippen MR) is 65.6 cm³/mol. The van der Waals surface area contributed by atoms with Crippen LogP contribution in [0.5, 0.6) is 0 Å². The van der Waals surface area contributed by atoms with Gasteiger partial charge in [0, 0.05) is 38.2 Å². The Morgan fingerprint density at radius 1 is 1.12 bits per heavy atom. The number of hydrogen-bond donors (Lipinski definition) is 1. The van der Waals surface area contributed by atoms with Crippen molar-refractivity contribution in [3.63, 3.8) is 0 Å². The summed E-state index contributed by atoms with van der Waals surface area (Å²) in [5.41, 5.74) is 2.41. The zero-order chi connectivity index (χ0) is 11.9. The van der Waals surface area contributed by atoms with Crippen LogP contribution in [0.2, 0.25) is 0 Å². The van der Waals surface area contributed by atoms with E-state index in [4.69, 9.17) is 0 Å². The van der Waals surface area contributed by atoms with E-state index < -0.39 is 0 Å². The van der Waals surface area contributed by atoms with Crippen LogP contribution < -0.4 is 10.2 Å². The molecule has 1 aliphatic heterocycles. The lowest BCUT2D eigenvalue weighted by atomic mass is 9.95. The van der Waals surface area contributed by atoms with Crippen LogP contribution in [0.4, 0.5) is 5.82 Å². The molecule has 1 aliphatic rings. The molecule has 0 saturated carbocycles. The molecule has 1 N–H and O–H groups in total. The van der Waals surface area contributed by atoms with Crippen molar-refractivity contribution >= 4 is 5.82 Å². The lowest BCUT2D eigenvalue weighted by Crippen LogP contribution is -2.21. The zero-order valence-corrected chi connectivity index (χ0v) is 10.8. The second-order valence-corrected chi connectivity index (χ2v) is 5.54. The van der Waals surface area contributed by atoms with Crippen molar-refractivity contribution in [1.29, 1.82) is 0 Å². The second-order valence-electron chi connectivity index (χ2n) is 5.54. The van der Waals surface area contributed by atoms with Gasteiger partial charge in [-0.3, -0.25) is 0 Å². The predicted octanol–water partition coefficient (Wildman–Crippen LogP) is 1.44. The minimum absolute atomic E-state index is 0.00236. The quantitative estimate of drug-likeness (QED) is 0.777. The Hall–Kier alpha value is -1.16. The van der Waals surface area contributed by atoms with E-state index in [9.17, 15) is 0 Å². The first-order valence-corrected chi connectivity index (χ1v) is 5.68. The fourth-order valence-corrected chi connectivity index (χ4v) is 1.86. The summed E-state index contributed by atoms with van der Waals surface area (Å²) in [6.07, 6.45) is 0. The SMILES string of the molecule is CN(C)c1nc(C(C)(C)C)nc2c1CNC2. The van der Waals surface area contributed by atoms with Crippen LogP contribution in [0.3, 0.4) is 0 Å². The van der Waals surface area contributed by atoms with Crippen molar-refractivity contribution in [3.8, 4) is 0 Å². The van der Waals surface area contributed by atoms with Crippen LogP contribution in [0.25, 0.3) is 0 Å². The minimum Gasteiger partial charge on any atom is -0.362 e. The van der Waals surface area contributed by atoms with Crippen molar-refractivity contribution in [3.05, 3.63) is 17.1 Å².